The second kappa shape index (κ2) is 9.73. The minimum atomic E-state index is -0.304. The number of aryl methyl sites for hydroxylation is 3. The van der Waals surface area contributed by atoms with Gasteiger partial charge in [0.25, 0.3) is 0 Å². The molecular formula is C22H28N4O3. The van der Waals surface area contributed by atoms with Crippen molar-refractivity contribution in [1.82, 2.24) is 5.32 Å². The van der Waals surface area contributed by atoms with Gasteiger partial charge in [0.2, 0.25) is 17.7 Å². The van der Waals surface area contributed by atoms with Gasteiger partial charge in [-0.15, -0.1) is 0 Å². The fourth-order valence-electron chi connectivity index (χ4n) is 3.13. The van der Waals surface area contributed by atoms with Crippen molar-refractivity contribution in [3.63, 3.8) is 0 Å². The molecule has 0 aliphatic heterocycles. The smallest absolute Gasteiger partial charge is 0.243 e. The van der Waals surface area contributed by atoms with E-state index in [4.69, 9.17) is 0 Å². The summed E-state index contributed by atoms with van der Waals surface area (Å²) in [5.41, 5.74) is 6.14. The number of nitrogens with one attached hydrogen (secondary N) is 4. The molecule has 0 atom stereocenters. The van der Waals surface area contributed by atoms with Crippen LogP contribution in [0.3, 0.4) is 0 Å². The summed E-state index contributed by atoms with van der Waals surface area (Å²) in [5.74, 6) is -0.743. The van der Waals surface area contributed by atoms with Crippen LogP contribution in [0.25, 0.3) is 0 Å². The van der Waals surface area contributed by atoms with Crippen LogP contribution in [0.2, 0.25) is 0 Å². The third kappa shape index (κ3) is 6.34. The van der Waals surface area contributed by atoms with Gasteiger partial charge < -0.3 is 21.3 Å². The molecule has 0 aliphatic carbocycles. The Bertz CT molecular complexity index is 915. The fraction of sp³-hybridized carbons (Fsp3) is 0.318. The van der Waals surface area contributed by atoms with Crippen molar-refractivity contribution in [2.24, 2.45) is 0 Å². The van der Waals surface area contributed by atoms with Gasteiger partial charge in [-0.3, -0.25) is 14.4 Å². The van der Waals surface area contributed by atoms with Crippen LogP contribution < -0.4 is 21.3 Å². The van der Waals surface area contributed by atoms with Crippen molar-refractivity contribution in [3.8, 4) is 0 Å². The van der Waals surface area contributed by atoms with E-state index in [1.165, 1.54) is 6.92 Å². The van der Waals surface area contributed by atoms with E-state index in [1.807, 2.05) is 45.9 Å². The molecule has 7 nitrogen and oxygen atoms in total. The summed E-state index contributed by atoms with van der Waals surface area (Å²) in [6, 6.07) is 9.41. The van der Waals surface area contributed by atoms with Crippen molar-refractivity contribution in [3.05, 3.63) is 52.6 Å². The molecule has 0 saturated carbocycles. The van der Waals surface area contributed by atoms with Gasteiger partial charge >= 0.3 is 0 Å². The van der Waals surface area contributed by atoms with E-state index in [9.17, 15) is 14.4 Å². The predicted octanol–water partition coefficient (Wildman–Crippen LogP) is 3.05. The number of hydrogen-bond acceptors (Lipinski definition) is 4. The Morgan fingerprint density at radius 3 is 2.07 bits per heavy atom. The second-order valence-electron chi connectivity index (χ2n) is 7.11. The van der Waals surface area contributed by atoms with E-state index < -0.39 is 0 Å². The number of amides is 3. The Kier molecular flexibility index (Phi) is 7.36. The average molecular weight is 396 g/mol. The van der Waals surface area contributed by atoms with Crippen molar-refractivity contribution in [1.29, 1.82) is 0 Å². The summed E-state index contributed by atoms with van der Waals surface area (Å²) in [6.07, 6.45) is 0. The molecule has 0 heterocycles. The number of anilines is 3. The lowest BCUT2D eigenvalue weighted by molar-refractivity contribution is -0.122. The minimum Gasteiger partial charge on any atom is -0.376 e. The van der Waals surface area contributed by atoms with Gasteiger partial charge in [-0.05, 0) is 56.5 Å². The highest BCUT2D eigenvalue weighted by molar-refractivity contribution is 5.96. The lowest BCUT2D eigenvalue weighted by atomic mass is 10.1. The highest BCUT2D eigenvalue weighted by Crippen LogP contribution is 2.23. The first-order valence-electron chi connectivity index (χ1n) is 9.43. The lowest BCUT2D eigenvalue weighted by Crippen LogP contribution is -2.36. The standard InChI is InChI=1S/C22H28N4O3/c1-13-9-14(2)22(15(3)10-13)26-21(29)12-24-20(28)11-23-18-7-6-8-19(16(18)4)25-17(5)27/h6-10,23H,11-12H2,1-5H3,(H,24,28)(H,25,27)(H,26,29). The number of hydrogen-bond donors (Lipinski definition) is 4. The molecule has 4 N–H and O–H groups in total. The van der Waals surface area contributed by atoms with Gasteiger partial charge in [0.15, 0.2) is 0 Å². The first-order valence-corrected chi connectivity index (χ1v) is 9.43. The molecule has 7 heteroatoms. The Morgan fingerprint density at radius 1 is 0.828 bits per heavy atom. The van der Waals surface area contributed by atoms with Crippen LogP contribution in [0, 0.1) is 27.7 Å². The number of rotatable bonds is 7. The largest absolute Gasteiger partial charge is 0.376 e. The fourth-order valence-corrected chi connectivity index (χ4v) is 3.13. The highest BCUT2D eigenvalue weighted by atomic mass is 16.2. The first kappa shape index (κ1) is 21.9. The monoisotopic (exact) mass is 396 g/mol. The third-order valence-corrected chi connectivity index (χ3v) is 4.47. The molecule has 0 aromatic heterocycles. The van der Waals surface area contributed by atoms with Crippen molar-refractivity contribution in [2.75, 3.05) is 29.0 Å². The lowest BCUT2D eigenvalue weighted by Gasteiger charge is -2.14. The summed E-state index contributed by atoms with van der Waals surface area (Å²) in [4.78, 5) is 35.5. The summed E-state index contributed by atoms with van der Waals surface area (Å²) in [6.45, 7) is 9.08. The van der Waals surface area contributed by atoms with Crippen LogP contribution >= 0.6 is 0 Å². The maximum Gasteiger partial charge on any atom is 0.243 e. The molecule has 0 saturated heterocycles. The summed E-state index contributed by atoms with van der Waals surface area (Å²) in [7, 11) is 0. The van der Waals surface area contributed by atoms with Gasteiger partial charge in [0, 0.05) is 24.0 Å². The normalized spacial score (nSPS) is 10.2. The van der Waals surface area contributed by atoms with Gasteiger partial charge in [0.05, 0.1) is 13.1 Å². The maximum absolute atomic E-state index is 12.2. The second-order valence-corrected chi connectivity index (χ2v) is 7.11. The zero-order valence-electron chi connectivity index (χ0n) is 17.5. The van der Waals surface area contributed by atoms with Crippen LogP contribution in [0.4, 0.5) is 17.1 Å². The van der Waals surface area contributed by atoms with Crippen molar-refractivity contribution >= 4 is 34.8 Å². The quantitative estimate of drug-likeness (QED) is 0.578. The summed E-state index contributed by atoms with van der Waals surface area (Å²) >= 11 is 0. The summed E-state index contributed by atoms with van der Waals surface area (Å²) < 4.78 is 0. The van der Waals surface area contributed by atoms with Crippen LogP contribution in [-0.2, 0) is 14.4 Å². The molecule has 0 radical (unpaired) electrons. The molecule has 0 aliphatic rings. The van der Waals surface area contributed by atoms with Crippen molar-refractivity contribution in [2.45, 2.75) is 34.6 Å². The van der Waals surface area contributed by atoms with Crippen molar-refractivity contribution < 1.29 is 14.4 Å². The molecule has 0 fully saturated rings. The summed E-state index contributed by atoms with van der Waals surface area (Å²) in [5, 5.41) is 11.2. The predicted molar refractivity (Wildman–Crippen MR) is 116 cm³/mol. The molecule has 154 valence electrons. The Morgan fingerprint density at radius 2 is 1.45 bits per heavy atom. The molecule has 0 bridgehead atoms. The van der Waals surface area contributed by atoms with E-state index in [-0.39, 0.29) is 30.8 Å². The zero-order chi connectivity index (χ0) is 21.6. The van der Waals surface area contributed by atoms with E-state index >= 15 is 0 Å². The van der Waals surface area contributed by atoms with E-state index in [0.29, 0.717) is 5.69 Å². The SMILES string of the molecule is CC(=O)Nc1cccc(NCC(=O)NCC(=O)Nc2c(C)cc(C)cc2C)c1C. The molecule has 29 heavy (non-hydrogen) atoms. The van der Waals surface area contributed by atoms with Crippen LogP contribution in [0.5, 0.6) is 0 Å². The molecule has 3 amide bonds. The molecule has 2 aromatic rings. The Hall–Kier alpha value is -3.35. The van der Waals surface area contributed by atoms with Gasteiger partial charge in [0.1, 0.15) is 0 Å². The highest BCUT2D eigenvalue weighted by Gasteiger charge is 2.11. The third-order valence-electron chi connectivity index (χ3n) is 4.47. The first-order chi connectivity index (χ1) is 13.7. The minimum absolute atomic E-state index is 0.0141. The van der Waals surface area contributed by atoms with Gasteiger partial charge in [-0.25, -0.2) is 0 Å². The van der Waals surface area contributed by atoms with Gasteiger partial charge in [-0.1, -0.05) is 23.8 Å². The van der Waals surface area contributed by atoms with E-state index in [1.54, 1.807) is 12.1 Å². The van der Waals surface area contributed by atoms with Gasteiger partial charge in [-0.2, -0.15) is 0 Å². The van der Waals surface area contributed by atoms with Crippen LogP contribution in [0.15, 0.2) is 30.3 Å². The average Bonchev–Trinajstić information content (AvgIpc) is 2.63. The van der Waals surface area contributed by atoms with Crippen LogP contribution in [0.1, 0.15) is 29.2 Å². The molecule has 0 unspecified atom stereocenters. The Labute approximate surface area is 171 Å². The molecule has 0 spiro atoms. The topological polar surface area (TPSA) is 99.3 Å². The molecule has 2 aromatic carbocycles. The number of carbonyl (C=O) groups excluding carboxylic acids is 3. The molecular weight excluding hydrogens is 368 g/mol. The van der Waals surface area contributed by atoms with E-state index in [0.717, 1.165) is 33.6 Å². The number of carbonyl (C=O) groups is 3. The van der Waals surface area contributed by atoms with E-state index in [2.05, 4.69) is 21.3 Å². The Balaban J connectivity index is 1.86. The zero-order valence-corrected chi connectivity index (χ0v) is 17.5. The number of benzene rings is 2. The maximum atomic E-state index is 12.2. The van der Waals surface area contributed by atoms with Crippen LogP contribution in [-0.4, -0.2) is 30.8 Å². The molecule has 2 rings (SSSR count).